The molecule has 0 aliphatic heterocycles. The zero-order valence-corrected chi connectivity index (χ0v) is 18.5. The van der Waals surface area contributed by atoms with Crippen molar-refractivity contribution in [3.63, 3.8) is 0 Å². The molecule has 0 radical (unpaired) electrons. The van der Waals surface area contributed by atoms with Crippen LogP contribution in [0.4, 0.5) is 5.69 Å². The SMILES string of the molecule is Cc1ccc2cc(CN(C(=O)c3cccc(Cl)c3)c3ccc(C)c(C)c3)c(=O)[nH]c2c1. The Hall–Kier alpha value is -3.37. The van der Waals surface area contributed by atoms with Gasteiger partial charge in [0.1, 0.15) is 0 Å². The van der Waals surface area contributed by atoms with Crippen LogP contribution in [0.15, 0.2) is 71.5 Å². The number of H-pyrrole nitrogens is 1. The van der Waals surface area contributed by atoms with Gasteiger partial charge < -0.3 is 9.88 Å². The third-order valence-electron chi connectivity index (χ3n) is 5.53. The fraction of sp³-hybridized carbons (Fsp3) is 0.154. The molecule has 4 nitrogen and oxygen atoms in total. The third kappa shape index (κ3) is 4.39. The first-order chi connectivity index (χ1) is 14.8. The van der Waals surface area contributed by atoms with E-state index in [2.05, 4.69) is 4.98 Å². The lowest BCUT2D eigenvalue weighted by Gasteiger charge is -2.24. The predicted molar refractivity (Wildman–Crippen MR) is 127 cm³/mol. The minimum atomic E-state index is -0.214. The van der Waals surface area contributed by atoms with E-state index in [4.69, 9.17) is 11.6 Å². The van der Waals surface area contributed by atoms with Crippen LogP contribution >= 0.6 is 11.6 Å². The number of amides is 1. The van der Waals surface area contributed by atoms with E-state index in [-0.39, 0.29) is 18.0 Å². The Morgan fingerprint density at radius 2 is 1.74 bits per heavy atom. The van der Waals surface area contributed by atoms with Crippen LogP contribution in [0.5, 0.6) is 0 Å². The number of aromatic nitrogens is 1. The molecule has 0 atom stereocenters. The molecule has 0 saturated carbocycles. The van der Waals surface area contributed by atoms with Crippen LogP contribution < -0.4 is 10.5 Å². The average Bonchev–Trinajstić information content (AvgIpc) is 2.74. The number of rotatable bonds is 4. The third-order valence-corrected chi connectivity index (χ3v) is 5.76. The highest BCUT2D eigenvalue weighted by Crippen LogP contribution is 2.24. The maximum atomic E-state index is 13.5. The minimum Gasteiger partial charge on any atom is -0.322 e. The number of nitrogens with one attached hydrogen (secondary N) is 1. The maximum Gasteiger partial charge on any atom is 0.258 e. The molecule has 5 heteroatoms. The molecule has 0 saturated heterocycles. The summed E-state index contributed by atoms with van der Waals surface area (Å²) in [6, 6.07) is 20.5. The molecule has 0 fully saturated rings. The number of benzene rings is 3. The summed E-state index contributed by atoms with van der Waals surface area (Å²) >= 11 is 6.12. The summed E-state index contributed by atoms with van der Waals surface area (Å²) < 4.78 is 0. The first-order valence-electron chi connectivity index (χ1n) is 10.1. The summed E-state index contributed by atoms with van der Waals surface area (Å²) in [4.78, 5) is 30.9. The molecule has 31 heavy (non-hydrogen) atoms. The molecule has 1 N–H and O–H groups in total. The first kappa shape index (κ1) is 20.9. The Kier molecular flexibility index (Phi) is 5.66. The Morgan fingerprint density at radius 1 is 0.935 bits per heavy atom. The Morgan fingerprint density at radius 3 is 2.48 bits per heavy atom. The molecule has 0 bridgehead atoms. The van der Waals surface area contributed by atoms with Crippen molar-refractivity contribution in [3.05, 3.63) is 110 Å². The van der Waals surface area contributed by atoms with E-state index in [0.29, 0.717) is 16.1 Å². The second-order valence-electron chi connectivity index (χ2n) is 7.88. The molecule has 0 spiro atoms. The highest BCUT2D eigenvalue weighted by atomic mass is 35.5. The van der Waals surface area contributed by atoms with Gasteiger partial charge in [0, 0.05) is 27.4 Å². The van der Waals surface area contributed by atoms with Gasteiger partial charge in [-0.25, -0.2) is 0 Å². The summed E-state index contributed by atoms with van der Waals surface area (Å²) in [6.07, 6.45) is 0. The lowest BCUT2D eigenvalue weighted by Crippen LogP contribution is -2.33. The molecule has 0 aliphatic carbocycles. The van der Waals surface area contributed by atoms with Gasteiger partial charge in [0.2, 0.25) is 0 Å². The lowest BCUT2D eigenvalue weighted by molar-refractivity contribution is 0.0985. The number of carbonyl (C=O) groups excluding carboxylic acids is 1. The van der Waals surface area contributed by atoms with Crippen molar-refractivity contribution in [2.24, 2.45) is 0 Å². The van der Waals surface area contributed by atoms with Gasteiger partial charge in [-0.3, -0.25) is 9.59 Å². The second kappa shape index (κ2) is 8.40. The van der Waals surface area contributed by atoms with Crippen LogP contribution in [0.1, 0.15) is 32.6 Å². The number of aromatic amines is 1. The number of carbonyl (C=O) groups is 1. The molecule has 1 aromatic heterocycles. The Balaban J connectivity index is 1.81. The fourth-order valence-corrected chi connectivity index (χ4v) is 3.79. The second-order valence-corrected chi connectivity index (χ2v) is 8.32. The Bertz CT molecular complexity index is 1360. The average molecular weight is 431 g/mol. The van der Waals surface area contributed by atoms with Gasteiger partial charge in [-0.05, 0) is 85.3 Å². The van der Waals surface area contributed by atoms with E-state index in [9.17, 15) is 9.59 Å². The van der Waals surface area contributed by atoms with E-state index in [0.717, 1.165) is 33.3 Å². The van der Waals surface area contributed by atoms with Gasteiger partial charge in [0.15, 0.2) is 0 Å². The monoisotopic (exact) mass is 430 g/mol. The van der Waals surface area contributed by atoms with Gasteiger partial charge in [0.05, 0.1) is 6.54 Å². The van der Waals surface area contributed by atoms with Crippen molar-refractivity contribution in [2.45, 2.75) is 27.3 Å². The normalized spacial score (nSPS) is 11.0. The Labute approximate surface area is 186 Å². The zero-order valence-electron chi connectivity index (χ0n) is 17.7. The number of pyridine rings is 1. The first-order valence-corrected chi connectivity index (χ1v) is 10.5. The van der Waals surface area contributed by atoms with E-state index >= 15 is 0 Å². The summed E-state index contributed by atoms with van der Waals surface area (Å²) in [5, 5.41) is 1.42. The molecule has 0 unspecified atom stereocenters. The number of halogens is 1. The van der Waals surface area contributed by atoms with E-state index < -0.39 is 0 Å². The molecule has 4 rings (SSSR count). The van der Waals surface area contributed by atoms with Crippen LogP contribution in [0.2, 0.25) is 5.02 Å². The van der Waals surface area contributed by atoms with Crippen LogP contribution in [-0.4, -0.2) is 10.9 Å². The molecule has 0 aliphatic rings. The summed E-state index contributed by atoms with van der Waals surface area (Å²) in [7, 11) is 0. The van der Waals surface area contributed by atoms with Crippen LogP contribution in [0.25, 0.3) is 10.9 Å². The number of hydrogen-bond donors (Lipinski definition) is 1. The van der Waals surface area contributed by atoms with E-state index in [1.807, 2.05) is 63.2 Å². The number of hydrogen-bond acceptors (Lipinski definition) is 2. The largest absolute Gasteiger partial charge is 0.322 e. The van der Waals surface area contributed by atoms with Crippen molar-refractivity contribution in [3.8, 4) is 0 Å². The molecule has 4 aromatic rings. The van der Waals surface area contributed by atoms with Gasteiger partial charge in [-0.15, -0.1) is 0 Å². The maximum absolute atomic E-state index is 13.5. The molecule has 156 valence electrons. The predicted octanol–water partition coefficient (Wildman–Crippen LogP) is 5.95. The zero-order chi connectivity index (χ0) is 22.1. The fourth-order valence-electron chi connectivity index (χ4n) is 3.60. The van der Waals surface area contributed by atoms with Crippen molar-refractivity contribution < 1.29 is 4.79 Å². The van der Waals surface area contributed by atoms with Crippen molar-refractivity contribution >= 4 is 34.1 Å². The minimum absolute atomic E-state index is 0.146. The van der Waals surface area contributed by atoms with Crippen LogP contribution in [0, 0.1) is 20.8 Å². The molecular weight excluding hydrogens is 408 g/mol. The van der Waals surface area contributed by atoms with Gasteiger partial charge in [-0.1, -0.05) is 35.9 Å². The van der Waals surface area contributed by atoms with Gasteiger partial charge >= 0.3 is 0 Å². The summed E-state index contributed by atoms with van der Waals surface area (Å²) in [5.74, 6) is -0.214. The smallest absolute Gasteiger partial charge is 0.258 e. The van der Waals surface area contributed by atoms with Crippen molar-refractivity contribution in [1.29, 1.82) is 0 Å². The molecule has 1 amide bonds. The molecule has 1 heterocycles. The topological polar surface area (TPSA) is 53.2 Å². The van der Waals surface area contributed by atoms with Gasteiger partial charge in [0.25, 0.3) is 11.5 Å². The van der Waals surface area contributed by atoms with Crippen LogP contribution in [-0.2, 0) is 6.54 Å². The van der Waals surface area contributed by atoms with Crippen molar-refractivity contribution in [2.75, 3.05) is 4.90 Å². The standard InChI is InChI=1S/C26H23ClN2O2/c1-16-7-9-19-13-21(25(30)28-24(19)11-16)15-29(23-10-8-17(2)18(3)12-23)26(31)20-5-4-6-22(27)14-20/h4-14H,15H2,1-3H3,(H,28,30). The highest BCUT2D eigenvalue weighted by molar-refractivity contribution is 6.31. The van der Waals surface area contributed by atoms with Crippen molar-refractivity contribution in [1.82, 2.24) is 4.98 Å². The quantitative estimate of drug-likeness (QED) is 0.434. The van der Waals surface area contributed by atoms with E-state index in [1.54, 1.807) is 29.2 Å². The number of fused-ring (bicyclic) bond motifs is 1. The lowest BCUT2D eigenvalue weighted by atomic mass is 10.1. The number of aryl methyl sites for hydroxylation is 3. The number of anilines is 1. The van der Waals surface area contributed by atoms with Crippen LogP contribution in [0.3, 0.4) is 0 Å². The number of nitrogens with zero attached hydrogens (tertiary/aromatic N) is 1. The molecular formula is C26H23ClN2O2. The summed E-state index contributed by atoms with van der Waals surface area (Å²) in [6.45, 7) is 6.16. The summed E-state index contributed by atoms with van der Waals surface area (Å²) in [5.41, 5.74) is 5.59. The highest BCUT2D eigenvalue weighted by Gasteiger charge is 2.20. The molecule has 3 aromatic carbocycles. The van der Waals surface area contributed by atoms with Gasteiger partial charge in [-0.2, -0.15) is 0 Å². The van der Waals surface area contributed by atoms with E-state index in [1.165, 1.54) is 0 Å².